The van der Waals surface area contributed by atoms with E-state index in [1.165, 1.54) is 28.6 Å². The van der Waals surface area contributed by atoms with Crippen LogP contribution in [0.15, 0.2) is 78.0 Å². The van der Waals surface area contributed by atoms with Crippen molar-refractivity contribution in [3.63, 3.8) is 0 Å². The van der Waals surface area contributed by atoms with Crippen LogP contribution in [0, 0.1) is 0 Å². The maximum atomic E-state index is 13.0. The molecule has 12 heteroatoms. The zero-order valence-corrected chi connectivity index (χ0v) is 20.5. The summed E-state index contributed by atoms with van der Waals surface area (Å²) in [5, 5.41) is 1.29. The van der Waals surface area contributed by atoms with Gasteiger partial charge >= 0.3 is 0 Å². The lowest BCUT2D eigenvalue weighted by atomic mass is 10.1. The van der Waals surface area contributed by atoms with Gasteiger partial charge < -0.3 is 4.74 Å². The van der Waals surface area contributed by atoms with E-state index in [4.69, 9.17) is 16.3 Å². The van der Waals surface area contributed by atoms with Crippen LogP contribution in [0.3, 0.4) is 0 Å². The lowest BCUT2D eigenvalue weighted by Crippen LogP contribution is -2.41. The summed E-state index contributed by atoms with van der Waals surface area (Å²) < 4.78 is 59.2. The second kappa shape index (κ2) is 9.08. The number of nitrogens with one attached hydrogen (secondary N) is 1. The van der Waals surface area contributed by atoms with Gasteiger partial charge in [-0.05, 0) is 60.7 Å². The van der Waals surface area contributed by atoms with Crippen molar-refractivity contribution in [3.8, 4) is 11.3 Å². The summed E-state index contributed by atoms with van der Waals surface area (Å²) in [7, 11) is -7.55. The minimum atomic E-state index is -3.95. The monoisotopic (exact) mass is 530 g/mol. The van der Waals surface area contributed by atoms with E-state index in [-0.39, 0.29) is 18.0 Å². The Bertz CT molecular complexity index is 1630. The fourth-order valence-corrected chi connectivity index (χ4v) is 6.23. The maximum absolute atomic E-state index is 13.0. The highest BCUT2D eigenvalue weighted by atomic mass is 35.5. The quantitative estimate of drug-likeness (QED) is 0.416. The van der Waals surface area contributed by atoms with Gasteiger partial charge in [0.2, 0.25) is 0 Å². The van der Waals surface area contributed by atoms with Gasteiger partial charge in [-0.3, -0.25) is 14.0 Å². The first-order valence-corrected chi connectivity index (χ1v) is 13.9. The Labute approximate surface area is 207 Å². The number of nitrogens with zero attached hydrogens (tertiary/aromatic N) is 3. The number of hydrogen-bond donors (Lipinski definition) is 1. The largest absolute Gasteiger partial charge is 0.362 e. The van der Waals surface area contributed by atoms with Crippen LogP contribution in [-0.2, 0) is 24.8 Å². The van der Waals surface area contributed by atoms with Crippen LogP contribution >= 0.6 is 11.6 Å². The van der Waals surface area contributed by atoms with Crippen LogP contribution in [0.2, 0.25) is 5.02 Å². The summed E-state index contributed by atoms with van der Waals surface area (Å²) in [6.45, 7) is 0.433. The fourth-order valence-electron chi connectivity index (χ4n) is 3.71. The van der Waals surface area contributed by atoms with E-state index in [1.807, 2.05) is 6.07 Å². The topological polar surface area (TPSA) is 119 Å². The predicted molar refractivity (Wildman–Crippen MR) is 134 cm³/mol. The van der Waals surface area contributed by atoms with Crippen molar-refractivity contribution in [1.29, 1.82) is 0 Å². The van der Waals surface area contributed by atoms with Gasteiger partial charge in [0.25, 0.3) is 20.0 Å². The van der Waals surface area contributed by atoms with Gasteiger partial charge in [0.05, 0.1) is 40.0 Å². The van der Waals surface area contributed by atoms with Crippen molar-refractivity contribution < 1.29 is 21.6 Å². The van der Waals surface area contributed by atoms with Crippen molar-refractivity contribution in [2.45, 2.75) is 4.90 Å². The highest BCUT2D eigenvalue weighted by molar-refractivity contribution is 7.93. The van der Waals surface area contributed by atoms with E-state index in [0.717, 1.165) is 10.9 Å². The lowest BCUT2D eigenvalue weighted by molar-refractivity contribution is 0.175. The molecule has 4 aromatic rings. The van der Waals surface area contributed by atoms with Gasteiger partial charge in [-0.1, -0.05) is 11.6 Å². The van der Waals surface area contributed by atoms with Crippen LogP contribution in [-0.4, -0.2) is 45.9 Å². The molecule has 3 heterocycles. The molecule has 0 bridgehead atoms. The SMILES string of the molecule is O=S(=O)(Nc1ccc(Cl)c(-c2ccc3cnccc3n2)c1)c1ccc(N2CCOCS2(=O)=O)cc1. The molecule has 0 spiro atoms. The molecule has 0 aliphatic carbocycles. The number of aromatic nitrogens is 2. The van der Waals surface area contributed by atoms with Gasteiger partial charge in [-0.15, -0.1) is 0 Å². The third kappa shape index (κ3) is 4.80. The number of anilines is 2. The number of hydrogen-bond acceptors (Lipinski definition) is 7. The van der Waals surface area contributed by atoms with E-state index in [2.05, 4.69) is 14.7 Å². The summed E-state index contributed by atoms with van der Waals surface area (Å²) in [5.41, 5.74) is 2.57. The Hall–Kier alpha value is -3.25. The van der Waals surface area contributed by atoms with Crippen LogP contribution < -0.4 is 9.03 Å². The minimum Gasteiger partial charge on any atom is -0.362 e. The zero-order valence-electron chi connectivity index (χ0n) is 18.1. The molecule has 0 saturated carbocycles. The van der Waals surface area contributed by atoms with Crippen LogP contribution in [0.1, 0.15) is 0 Å². The number of fused-ring (bicyclic) bond motifs is 1. The molecular formula is C23H19ClN4O5S2. The van der Waals surface area contributed by atoms with E-state index in [0.29, 0.717) is 27.7 Å². The number of ether oxygens (including phenoxy) is 1. The molecule has 180 valence electrons. The van der Waals surface area contributed by atoms with Gasteiger partial charge in [-0.25, -0.2) is 21.8 Å². The van der Waals surface area contributed by atoms with Crippen molar-refractivity contribution in [2.24, 2.45) is 0 Å². The summed E-state index contributed by atoms with van der Waals surface area (Å²) in [6, 6.07) is 15.8. The number of benzene rings is 2. The number of rotatable bonds is 5. The van der Waals surface area contributed by atoms with E-state index in [9.17, 15) is 16.8 Å². The van der Waals surface area contributed by atoms with Gasteiger partial charge in [-0.2, -0.15) is 0 Å². The predicted octanol–water partition coefficient (Wildman–Crippen LogP) is 3.87. The Morgan fingerprint density at radius 2 is 1.83 bits per heavy atom. The van der Waals surface area contributed by atoms with E-state index >= 15 is 0 Å². The smallest absolute Gasteiger partial charge is 0.261 e. The normalized spacial score (nSPS) is 15.7. The van der Waals surface area contributed by atoms with Crippen LogP contribution in [0.25, 0.3) is 22.2 Å². The minimum absolute atomic E-state index is 0.0141. The summed E-state index contributed by atoms with van der Waals surface area (Å²) in [5.74, 6) is -0.406. The molecular weight excluding hydrogens is 512 g/mol. The van der Waals surface area contributed by atoms with Crippen molar-refractivity contribution in [3.05, 3.63) is 78.1 Å². The third-order valence-corrected chi connectivity index (χ3v) is 8.68. The van der Waals surface area contributed by atoms with Gasteiger partial charge in [0.1, 0.15) is 0 Å². The van der Waals surface area contributed by atoms with Crippen molar-refractivity contribution >= 4 is 53.9 Å². The first-order valence-electron chi connectivity index (χ1n) is 10.4. The highest BCUT2D eigenvalue weighted by Gasteiger charge is 2.27. The third-order valence-electron chi connectivity index (χ3n) is 5.43. The number of halogens is 1. The molecule has 0 unspecified atom stereocenters. The summed E-state index contributed by atoms with van der Waals surface area (Å²) in [6.07, 6.45) is 3.35. The molecule has 0 amide bonds. The second-order valence-electron chi connectivity index (χ2n) is 7.77. The Kier molecular flexibility index (Phi) is 6.09. The summed E-state index contributed by atoms with van der Waals surface area (Å²) >= 11 is 6.39. The molecule has 1 N–H and O–H groups in total. The molecule has 0 atom stereocenters. The summed E-state index contributed by atoms with van der Waals surface area (Å²) in [4.78, 5) is 8.66. The fraction of sp³-hybridized carbons (Fsp3) is 0.130. The van der Waals surface area contributed by atoms with E-state index < -0.39 is 26.0 Å². The van der Waals surface area contributed by atoms with Crippen LogP contribution in [0.4, 0.5) is 11.4 Å². The molecule has 0 radical (unpaired) electrons. The first-order chi connectivity index (χ1) is 16.7. The standard InChI is InChI=1S/C23H19ClN4O5S2/c24-21-7-2-17(13-20(21)23-8-1-16-14-25-10-9-22(16)26-23)27-35(31,32)19-5-3-18(4-6-19)28-11-12-33-15-34(28,29)30/h1-10,13-14,27H,11-12,15H2. The zero-order chi connectivity index (χ0) is 24.6. The molecule has 1 aliphatic rings. The Morgan fingerprint density at radius 1 is 1.03 bits per heavy atom. The number of sulfonamides is 2. The highest BCUT2D eigenvalue weighted by Crippen LogP contribution is 2.32. The lowest BCUT2D eigenvalue weighted by Gasteiger charge is -2.28. The molecule has 2 aromatic carbocycles. The average Bonchev–Trinajstić information content (AvgIpc) is 2.84. The van der Waals surface area contributed by atoms with Gasteiger partial charge in [0.15, 0.2) is 5.94 Å². The van der Waals surface area contributed by atoms with Crippen LogP contribution in [0.5, 0.6) is 0 Å². The molecule has 5 rings (SSSR count). The molecule has 1 saturated heterocycles. The Balaban J connectivity index is 1.41. The molecule has 1 fully saturated rings. The molecule has 9 nitrogen and oxygen atoms in total. The molecule has 1 aliphatic heterocycles. The molecule has 35 heavy (non-hydrogen) atoms. The Morgan fingerprint density at radius 3 is 2.60 bits per heavy atom. The second-order valence-corrected chi connectivity index (χ2v) is 11.7. The van der Waals surface area contributed by atoms with Gasteiger partial charge in [0, 0.05) is 29.0 Å². The number of pyridine rings is 2. The molecule has 2 aromatic heterocycles. The van der Waals surface area contributed by atoms with Crippen molar-refractivity contribution in [1.82, 2.24) is 9.97 Å². The first kappa shape index (κ1) is 23.5. The van der Waals surface area contributed by atoms with E-state index in [1.54, 1.807) is 42.7 Å². The van der Waals surface area contributed by atoms with Crippen molar-refractivity contribution in [2.75, 3.05) is 28.1 Å². The average molecular weight is 531 g/mol. The maximum Gasteiger partial charge on any atom is 0.261 e.